The Morgan fingerprint density at radius 3 is 2.86 bits per heavy atom. The Labute approximate surface area is 118 Å². The van der Waals surface area contributed by atoms with Crippen LogP contribution in [0, 0.1) is 0 Å². The van der Waals surface area contributed by atoms with Crippen molar-refractivity contribution in [2.75, 3.05) is 12.8 Å². The van der Waals surface area contributed by atoms with Crippen LogP contribution in [-0.4, -0.2) is 54.2 Å². The SMILES string of the molecule is CO/C(O)=C1/O[C@@H](n2cnc3c(N)ncnc32)[C@H](O)[C@@H]1O. The number of ether oxygens (including phenoxy) is 2. The van der Waals surface area contributed by atoms with Crippen LogP contribution >= 0.6 is 0 Å². The van der Waals surface area contributed by atoms with E-state index in [1.807, 2.05) is 0 Å². The van der Waals surface area contributed by atoms with E-state index in [0.717, 1.165) is 0 Å². The number of nitrogens with zero attached hydrogens (tertiary/aromatic N) is 4. The number of methoxy groups -OCH3 is 1. The fourth-order valence-electron chi connectivity index (χ4n) is 2.14. The molecule has 10 heteroatoms. The lowest BCUT2D eigenvalue weighted by Gasteiger charge is -2.15. The van der Waals surface area contributed by atoms with Gasteiger partial charge < -0.3 is 30.5 Å². The zero-order valence-electron chi connectivity index (χ0n) is 10.9. The van der Waals surface area contributed by atoms with Crippen LogP contribution in [0.5, 0.6) is 0 Å². The molecule has 0 aliphatic carbocycles. The van der Waals surface area contributed by atoms with E-state index < -0.39 is 24.4 Å². The predicted octanol–water partition coefficient (Wildman–Crippen LogP) is -0.967. The minimum absolute atomic E-state index is 0.183. The van der Waals surface area contributed by atoms with Crippen molar-refractivity contribution in [3.05, 3.63) is 24.4 Å². The number of aliphatic hydroxyl groups is 3. The molecule has 0 radical (unpaired) electrons. The molecule has 1 saturated heterocycles. The second-order valence-electron chi connectivity index (χ2n) is 4.40. The average Bonchev–Trinajstić information content (AvgIpc) is 3.02. The van der Waals surface area contributed by atoms with E-state index in [9.17, 15) is 15.3 Å². The van der Waals surface area contributed by atoms with E-state index in [1.165, 1.54) is 24.3 Å². The number of anilines is 1. The van der Waals surface area contributed by atoms with Crippen LogP contribution in [0.25, 0.3) is 11.2 Å². The van der Waals surface area contributed by atoms with Gasteiger partial charge in [0.1, 0.15) is 30.4 Å². The second kappa shape index (κ2) is 4.75. The average molecular weight is 295 g/mol. The van der Waals surface area contributed by atoms with Crippen molar-refractivity contribution in [3.8, 4) is 0 Å². The Morgan fingerprint density at radius 2 is 2.14 bits per heavy atom. The van der Waals surface area contributed by atoms with E-state index in [4.69, 9.17) is 10.5 Å². The molecule has 3 rings (SSSR count). The van der Waals surface area contributed by atoms with Crippen molar-refractivity contribution in [3.63, 3.8) is 0 Å². The van der Waals surface area contributed by atoms with Crippen LogP contribution in [0.4, 0.5) is 5.82 Å². The third-order valence-corrected chi connectivity index (χ3v) is 3.20. The number of rotatable bonds is 2. The van der Waals surface area contributed by atoms with Gasteiger partial charge in [-0.25, -0.2) is 15.0 Å². The van der Waals surface area contributed by atoms with Gasteiger partial charge in [0.25, 0.3) is 0 Å². The zero-order valence-corrected chi connectivity index (χ0v) is 10.9. The van der Waals surface area contributed by atoms with Gasteiger partial charge in [0.05, 0.1) is 7.11 Å². The Hall–Kier alpha value is -2.59. The van der Waals surface area contributed by atoms with Gasteiger partial charge in [-0.05, 0) is 0 Å². The van der Waals surface area contributed by atoms with Crippen molar-refractivity contribution < 1.29 is 24.8 Å². The number of imidazole rings is 1. The number of nitrogen functional groups attached to an aromatic ring is 1. The van der Waals surface area contributed by atoms with E-state index in [0.29, 0.717) is 11.2 Å². The molecule has 0 unspecified atom stereocenters. The van der Waals surface area contributed by atoms with Crippen molar-refractivity contribution in [1.82, 2.24) is 19.5 Å². The summed E-state index contributed by atoms with van der Waals surface area (Å²) in [4.78, 5) is 11.9. The molecular formula is C11H13N5O5. The van der Waals surface area contributed by atoms with E-state index >= 15 is 0 Å². The third kappa shape index (κ3) is 1.92. The molecule has 1 fully saturated rings. The Bertz CT molecular complexity index is 714. The summed E-state index contributed by atoms with van der Waals surface area (Å²) in [6, 6.07) is 0. The third-order valence-electron chi connectivity index (χ3n) is 3.20. The second-order valence-corrected chi connectivity index (χ2v) is 4.40. The minimum atomic E-state index is -1.44. The van der Waals surface area contributed by atoms with Crippen LogP contribution in [0.2, 0.25) is 0 Å². The molecular weight excluding hydrogens is 282 g/mol. The number of aliphatic hydroxyl groups excluding tert-OH is 3. The summed E-state index contributed by atoms with van der Waals surface area (Å²) in [5, 5.41) is 29.5. The molecule has 10 nitrogen and oxygen atoms in total. The smallest absolute Gasteiger partial charge is 0.319 e. The molecule has 1 aliphatic heterocycles. The molecule has 3 heterocycles. The highest BCUT2D eigenvalue weighted by atomic mass is 16.6. The molecule has 0 bridgehead atoms. The van der Waals surface area contributed by atoms with E-state index in [-0.39, 0.29) is 11.6 Å². The van der Waals surface area contributed by atoms with E-state index in [1.54, 1.807) is 0 Å². The van der Waals surface area contributed by atoms with Gasteiger partial charge in [-0.2, -0.15) is 0 Å². The highest BCUT2D eigenvalue weighted by Crippen LogP contribution is 2.35. The molecule has 0 aromatic carbocycles. The normalized spacial score (nSPS) is 27.7. The minimum Gasteiger partial charge on any atom is -0.478 e. The number of hydrogen-bond donors (Lipinski definition) is 4. The Balaban J connectivity index is 2.06. The standard InChI is InChI=1S/C11H13N5O5/c1-20-11(19)7-5(17)6(18)10(21-7)16-3-15-4-8(12)13-2-14-9(4)16/h2-3,5-6,10,17-19H,1H3,(H2,12,13,14)/b11-7+/t5-,6+,10+/m0/s1. The maximum atomic E-state index is 10.1. The number of hydrogen-bond acceptors (Lipinski definition) is 9. The lowest BCUT2D eigenvalue weighted by molar-refractivity contribution is -0.0137. The monoisotopic (exact) mass is 295 g/mol. The van der Waals surface area contributed by atoms with Crippen LogP contribution in [-0.2, 0) is 9.47 Å². The van der Waals surface area contributed by atoms with Crippen molar-refractivity contribution in [1.29, 1.82) is 0 Å². The summed E-state index contributed by atoms with van der Waals surface area (Å²) in [6.07, 6.45) is -1.22. The molecule has 112 valence electrons. The van der Waals surface area contributed by atoms with Crippen LogP contribution < -0.4 is 5.73 Å². The van der Waals surface area contributed by atoms with Crippen LogP contribution in [0.15, 0.2) is 24.4 Å². The first-order valence-corrected chi connectivity index (χ1v) is 5.97. The van der Waals surface area contributed by atoms with E-state index in [2.05, 4.69) is 19.7 Å². The lowest BCUT2D eigenvalue weighted by Crippen LogP contribution is -2.28. The molecule has 3 atom stereocenters. The summed E-state index contributed by atoms with van der Waals surface area (Å²) in [5.74, 6) is -0.691. The largest absolute Gasteiger partial charge is 0.478 e. The summed E-state index contributed by atoms with van der Waals surface area (Å²) in [5.41, 5.74) is 6.35. The van der Waals surface area contributed by atoms with Crippen molar-refractivity contribution in [2.24, 2.45) is 0 Å². The van der Waals surface area contributed by atoms with Crippen molar-refractivity contribution >= 4 is 17.0 Å². The first kappa shape index (κ1) is 13.4. The highest BCUT2D eigenvalue weighted by Gasteiger charge is 2.44. The summed E-state index contributed by atoms with van der Waals surface area (Å²) >= 11 is 0. The summed E-state index contributed by atoms with van der Waals surface area (Å²) in [7, 11) is 1.21. The molecule has 1 aliphatic rings. The van der Waals surface area contributed by atoms with Gasteiger partial charge in [-0.3, -0.25) is 4.57 Å². The Morgan fingerprint density at radius 1 is 1.38 bits per heavy atom. The lowest BCUT2D eigenvalue weighted by atomic mass is 10.2. The number of nitrogens with two attached hydrogens (primary N) is 1. The van der Waals surface area contributed by atoms with Gasteiger partial charge in [-0.15, -0.1) is 0 Å². The molecule has 0 saturated carbocycles. The van der Waals surface area contributed by atoms with Crippen LogP contribution in [0.3, 0.4) is 0 Å². The predicted molar refractivity (Wildman–Crippen MR) is 68.5 cm³/mol. The molecule has 0 amide bonds. The fraction of sp³-hybridized carbons (Fsp3) is 0.364. The van der Waals surface area contributed by atoms with Gasteiger partial charge in [0.2, 0.25) is 12.0 Å². The summed E-state index contributed by atoms with van der Waals surface area (Å²) < 4.78 is 11.3. The topological polar surface area (TPSA) is 149 Å². The van der Waals surface area contributed by atoms with Crippen molar-refractivity contribution in [2.45, 2.75) is 18.4 Å². The quantitative estimate of drug-likeness (QED) is 0.513. The van der Waals surface area contributed by atoms with Gasteiger partial charge in [0.15, 0.2) is 11.5 Å². The van der Waals surface area contributed by atoms with Gasteiger partial charge in [0, 0.05) is 0 Å². The molecule has 2 aromatic heterocycles. The Kier molecular flexibility index (Phi) is 3.03. The molecule has 0 spiro atoms. The first-order chi connectivity index (χ1) is 10.0. The molecule has 2 aromatic rings. The molecule has 21 heavy (non-hydrogen) atoms. The fourth-order valence-corrected chi connectivity index (χ4v) is 2.14. The maximum Gasteiger partial charge on any atom is 0.319 e. The first-order valence-electron chi connectivity index (χ1n) is 5.97. The summed E-state index contributed by atoms with van der Waals surface area (Å²) in [6.45, 7) is 0. The number of aromatic nitrogens is 4. The maximum absolute atomic E-state index is 10.1. The van der Waals surface area contributed by atoms with Gasteiger partial charge in [-0.1, -0.05) is 0 Å². The van der Waals surface area contributed by atoms with Gasteiger partial charge >= 0.3 is 5.95 Å². The molecule has 5 N–H and O–H groups in total. The highest BCUT2D eigenvalue weighted by molar-refractivity contribution is 5.81. The zero-order chi connectivity index (χ0) is 15.1. The van der Waals surface area contributed by atoms with Crippen LogP contribution in [0.1, 0.15) is 6.23 Å². The number of fused-ring (bicyclic) bond motifs is 1.